The average Bonchev–Trinajstić information content (AvgIpc) is 2.90. The van der Waals surface area contributed by atoms with Crippen LogP contribution in [0.25, 0.3) is 0 Å². The van der Waals surface area contributed by atoms with Gasteiger partial charge >= 0.3 is 0 Å². The average molecular weight is 348 g/mol. The Morgan fingerprint density at radius 3 is 2.38 bits per heavy atom. The van der Waals surface area contributed by atoms with Crippen molar-refractivity contribution in [2.45, 2.75) is 31.3 Å². The van der Waals surface area contributed by atoms with Crippen molar-refractivity contribution in [1.82, 2.24) is 10.2 Å². The van der Waals surface area contributed by atoms with Crippen LogP contribution in [0.1, 0.15) is 17.5 Å². The van der Waals surface area contributed by atoms with Gasteiger partial charge in [-0.25, -0.2) is 8.42 Å². The highest BCUT2D eigenvalue weighted by molar-refractivity contribution is 7.91. The molecule has 2 saturated heterocycles. The Labute approximate surface area is 141 Å². The van der Waals surface area contributed by atoms with Crippen LogP contribution in [0.15, 0.2) is 24.3 Å². The number of hydrogen-bond donors (Lipinski definition) is 1. The van der Waals surface area contributed by atoms with E-state index in [1.807, 2.05) is 12.1 Å². The lowest BCUT2D eigenvalue weighted by atomic mass is 9.95. The SMILES string of the molecule is O=C1CC2CS(=O)(=O)CCN2C(=O)C(C2Cc3ccccc3C2)N1. The molecule has 2 aliphatic heterocycles. The van der Waals surface area contributed by atoms with Crippen molar-refractivity contribution in [2.75, 3.05) is 18.1 Å². The van der Waals surface area contributed by atoms with Gasteiger partial charge in [-0.1, -0.05) is 24.3 Å². The molecule has 1 aromatic rings. The summed E-state index contributed by atoms with van der Waals surface area (Å²) in [5, 5.41) is 2.86. The summed E-state index contributed by atoms with van der Waals surface area (Å²) in [4.78, 5) is 26.9. The molecular formula is C17H20N2O4S. The molecule has 3 aliphatic rings. The summed E-state index contributed by atoms with van der Waals surface area (Å²) in [7, 11) is -3.17. The van der Waals surface area contributed by atoms with Gasteiger partial charge in [0, 0.05) is 13.0 Å². The molecule has 4 rings (SSSR count). The Morgan fingerprint density at radius 1 is 1.04 bits per heavy atom. The van der Waals surface area contributed by atoms with Gasteiger partial charge in [-0.05, 0) is 29.9 Å². The lowest BCUT2D eigenvalue weighted by molar-refractivity contribution is -0.136. The summed E-state index contributed by atoms with van der Waals surface area (Å²) in [6.07, 6.45) is 1.61. The minimum Gasteiger partial charge on any atom is -0.344 e. The zero-order valence-corrected chi connectivity index (χ0v) is 14.1. The van der Waals surface area contributed by atoms with Gasteiger partial charge in [-0.15, -0.1) is 0 Å². The zero-order valence-electron chi connectivity index (χ0n) is 13.3. The fraction of sp³-hybridized carbons (Fsp3) is 0.529. The standard InChI is InChI=1S/C17H20N2O4S/c20-15-9-14-10-24(22,23)6-5-19(14)17(21)16(18-15)13-7-11-3-1-2-4-12(11)8-13/h1-4,13-14,16H,5-10H2,(H,18,20). The Kier molecular flexibility index (Phi) is 3.63. The number of nitrogens with one attached hydrogen (secondary N) is 1. The van der Waals surface area contributed by atoms with Gasteiger partial charge in [-0.3, -0.25) is 9.59 Å². The monoisotopic (exact) mass is 348 g/mol. The number of benzene rings is 1. The van der Waals surface area contributed by atoms with E-state index >= 15 is 0 Å². The minimum atomic E-state index is -3.17. The van der Waals surface area contributed by atoms with Gasteiger partial charge in [-0.2, -0.15) is 0 Å². The van der Waals surface area contributed by atoms with Crippen molar-refractivity contribution in [2.24, 2.45) is 5.92 Å². The topological polar surface area (TPSA) is 83.6 Å². The molecule has 6 nitrogen and oxygen atoms in total. The lowest BCUT2D eigenvalue weighted by Crippen LogP contribution is -2.55. The van der Waals surface area contributed by atoms with Crippen molar-refractivity contribution in [3.8, 4) is 0 Å². The molecule has 2 fully saturated rings. The van der Waals surface area contributed by atoms with E-state index in [1.165, 1.54) is 11.1 Å². The maximum Gasteiger partial charge on any atom is 0.245 e. The van der Waals surface area contributed by atoms with Gasteiger partial charge in [0.25, 0.3) is 0 Å². The first-order valence-corrected chi connectivity index (χ1v) is 10.1. The third-order valence-electron chi connectivity index (χ3n) is 5.37. The highest BCUT2D eigenvalue weighted by Gasteiger charge is 2.44. The van der Waals surface area contributed by atoms with E-state index in [0.717, 1.165) is 12.8 Å². The zero-order chi connectivity index (χ0) is 16.9. The molecule has 128 valence electrons. The van der Waals surface area contributed by atoms with E-state index in [2.05, 4.69) is 17.4 Å². The molecule has 2 amide bonds. The second-order valence-corrected chi connectivity index (χ2v) is 9.21. The molecule has 7 heteroatoms. The van der Waals surface area contributed by atoms with Gasteiger partial charge < -0.3 is 10.2 Å². The Hall–Kier alpha value is -1.89. The number of carbonyl (C=O) groups is 2. The molecule has 24 heavy (non-hydrogen) atoms. The third-order valence-corrected chi connectivity index (χ3v) is 7.07. The van der Waals surface area contributed by atoms with Crippen molar-refractivity contribution in [1.29, 1.82) is 0 Å². The summed E-state index contributed by atoms with van der Waals surface area (Å²) in [6, 6.07) is 7.02. The normalized spacial score (nSPS) is 29.6. The number of hydrogen-bond acceptors (Lipinski definition) is 4. The molecule has 0 radical (unpaired) electrons. The van der Waals surface area contributed by atoms with E-state index in [9.17, 15) is 18.0 Å². The van der Waals surface area contributed by atoms with Crippen LogP contribution >= 0.6 is 0 Å². The number of amides is 2. The maximum atomic E-state index is 13.0. The molecule has 0 bridgehead atoms. The van der Waals surface area contributed by atoms with Crippen LogP contribution in [0.2, 0.25) is 0 Å². The third kappa shape index (κ3) is 2.70. The molecule has 0 saturated carbocycles. The molecular weight excluding hydrogens is 328 g/mol. The van der Waals surface area contributed by atoms with Crippen LogP contribution in [0.4, 0.5) is 0 Å². The fourth-order valence-electron chi connectivity index (χ4n) is 4.18. The molecule has 0 spiro atoms. The van der Waals surface area contributed by atoms with Gasteiger partial charge in [0.05, 0.1) is 17.5 Å². The largest absolute Gasteiger partial charge is 0.344 e. The summed E-state index contributed by atoms with van der Waals surface area (Å²) < 4.78 is 23.7. The quantitative estimate of drug-likeness (QED) is 0.769. The summed E-state index contributed by atoms with van der Waals surface area (Å²) >= 11 is 0. The van der Waals surface area contributed by atoms with Crippen LogP contribution in [-0.2, 0) is 32.3 Å². The Balaban J connectivity index is 1.59. The fourth-order valence-corrected chi connectivity index (χ4v) is 5.71. The summed E-state index contributed by atoms with van der Waals surface area (Å²) in [5.74, 6) is -0.436. The van der Waals surface area contributed by atoms with Crippen LogP contribution in [0.5, 0.6) is 0 Å². The first-order chi connectivity index (χ1) is 11.4. The molecule has 2 unspecified atom stereocenters. The Bertz CT molecular complexity index is 780. The molecule has 2 atom stereocenters. The number of sulfone groups is 1. The first kappa shape index (κ1) is 15.6. The summed E-state index contributed by atoms with van der Waals surface area (Å²) in [6.45, 7) is 0.191. The maximum absolute atomic E-state index is 13.0. The van der Waals surface area contributed by atoms with Gasteiger partial charge in [0.2, 0.25) is 11.8 Å². The number of rotatable bonds is 1. The van der Waals surface area contributed by atoms with E-state index in [4.69, 9.17) is 0 Å². The predicted octanol–water partition coefficient (Wildman–Crippen LogP) is -0.0845. The van der Waals surface area contributed by atoms with Crippen LogP contribution in [0, 0.1) is 5.92 Å². The van der Waals surface area contributed by atoms with Crippen LogP contribution in [-0.4, -0.2) is 55.3 Å². The van der Waals surface area contributed by atoms with Crippen LogP contribution in [0.3, 0.4) is 0 Å². The molecule has 0 aromatic heterocycles. The van der Waals surface area contributed by atoms with E-state index in [0.29, 0.717) is 0 Å². The van der Waals surface area contributed by atoms with E-state index in [1.54, 1.807) is 4.90 Å². The minimum absolute atomic E-state index is 0.0129. The van der Waals surface area contributed by atoms with Crippen molar-refractivity contribution in [3.05, 3.63) is 35.4 Å². The number of fused-ring (bicyclic) bond motifs is 2. The lowest BCUT2D eigenvalue weighted by Gasteiger charge is -2.35. The van der Waals surface area contributed by atoms with Crippen molar-refractivity contribution < 1.29 is 18.0 Å². The van der Waals surface area contributed by atoms with Gasteiger partial charge in [0.15, 0.2) is 9.84 Å². The molecule has 2 heterocycles. The van der Waals surface area contributed by atoms with Crippen molar-refractivity contribution >= 4 is 21.7 Å². The second-order valence-electron chi connectivity index (χ2n) is 6.99. The highest BCUT2D eigenvalue weighted by atomic mass is 32.2. The molecule has 1 N–H and O–H groups in total. The van der Waals surface area contributed by atoms with Gasteiger partial charge in [0.1, 0.15) is 6.04 Å². The number of nitrogens with zero attached hydrogens (tertiary/aromatic N) is 1. The summed E-state index contributed by atoms with van der Waals surface area (Å²) in [5.41, 5.74) is 2.46. The second kappa shape index (κ2) is 5.58. The smallest absolute Gasteiger partial charge is 0.245 e. The number of carbonyl (C=O) groups excluding carboxylic acids is 2. The van der Waals surface area contributed by atoms with Crippen LogP contribution < -0.4 is 5.32 Å². The molecule has 1 aromatic carbocycles. The Morgan fingerprint density at radius 2 is 1.71 bits per heavy atom. The van der Waals surface area contributed by atoms with Crippen molar-refractivity contribution in [3.63, 3.8) is 0 Å². The van der Waals surface area contributed by atoms with E-state index < -0.39 is 21.9 Å². The first-order valence-electron chi connectivity index (χ1n) is 8.30. The van der Waals surface area contributed by atoms with E-state index in [-0.39, 0.29) is 42.2 Å². The predicted molar refractivity (Wildman–Crippen MR) is 88.0 cm³/mol. The highest BCUT2D eigenvalue weighted by Crippen LogP contribution is 2.31. The molecule has 1 aliphatic carbocycles.